The molecule has 0 aliphatic rings. The lowest BCUT2D eigenvalue weighted by atomic mass is 10.1. The summed E-state index contributed by atoms with van der Waals surface area (Å²) in [6, 6.07) is 10.6. The average molecular weight is 478 g/mol. The summed E-state index contributed by atoms with van der Waals surface area (Å²) in [5.41, 5.74) is 1.61. The van der Waals surface area contributed by atoms with Gasteiger partial charge in [-0.3, -0.25) is 10.3 Å². The second kappa shape index (κ2) is 10.1. The lowest BCUT2D eigenvalue weighted by Gasteiger charge is -2.27. The number of carbonyl (C=O) groups is 2. The van der Waals surface area contributed by atoms with Gasteiger partial charge < -0.3 is 9.47 Å². The van der Waals surface area contributed by atoms with Crippen LogP contribution < -0.4 is 10.2 Å². The van der Waals surface area contributed by atoms with E-state index in [0.29, 0.717) is 17.1 Å². The molecule has 9 heteroatoms. The highest BCUT2D eigenvalue weighted by molar-refractivity contribution is 5.97. The van der Waals surface area contributed by atoms with Gasteiger partial charge in [-0.25, -0.2) is 24.5 Å². The standard InChI is InChI=1S/C26H31N5O4/c1-17-10-11-19(29-23(32)34-25(2,3)4)15-21(17)31(24(33)35-26(5,6)7)22-28-14-12-20(30-22)18-9-8-13-27-16-18/h8-16H,1-7H3,(H,29,32). The number of hydrogen-bond acceptors (Lipinski definition) is 7. The number of hydrogen-bond donors (Lipinski definition) is 1. The Morgan fingerprint density at radius 1 is 0.943 bits per heavy atom. The number of pyridine rings is 1. The first kappa shape index (κ1) is 25.6. The Bertz CT molecular complexity index is 1200. The van der Waals surface area contributed by atoms with Crippen molar-refractivity contribution < 1.29 is 19.1 Å². The van der Waals surface area contributed by atoms with Crippen LogP contribution in [-0.4, -0.2) is 38.3 Å². The van der Waals surface area contributed by atoms with Crippen LogP contribution in [0.1, 0.15) is 47.1 Å². The first-order valence-corrected chi connectivity index (χ1v) is 11.2. The molecule has 0 spiro atoms. The summed E-state index contributed by atoms with van der Waals surface area (Å²) >= 11 is 0. The van der Waals surface area contributed by atoms with Crippen molar-refractivity contribution in [3.8, 4) is 11.3 Å². The number of nitrogens with one attached hydrogen (secondary N) is 1. The number of carbonyl (C=O) groups excluding carboxylic acids is 2. The van der Waals surface area contributed by atoms with Crippen LogP contribution in [0.2, 0.25) is 0 Å². The number of nitrogens with zero attached hydrogens (tertiary/aromatic N) is 4. The zero-order valence-corrected chi connectivity index (χ0v) is 21.1. The topological polar surface area (TPSA) is 107 Å². The van der Waals surface area contributed by atoms with Gasteiger partial charge in [-0.1, -0.05) is 6.07 Å². The van der Waals surface area contributed by atoms with E-state index in [4.69, 9.17) is 9.47 Å². The summed E-state index contributed by atoms with van der Waals surface area (Å²) in [5.74, 6) is 0.123. The monoisotopic (exact) mass is 477 g/mol. The molecule has 0 radical (unpaired) electrons. The number of benzene rings is 1. The fourth-order valence-corrected chi connectivity index (χ4v) is 3.08. The Morgan fingerprint density at radius 2 is 1.66 bits per heavy atom. The molecule has 2 heterocycles. The van der Waals surface area contributed by atoms with Crippen LogP contribution in [0.15, 0.2) is 55.0 Å². The minimum Gasteiger partial charge on any atom is -0.444 e. The van der Waals surface area contributed by atoms with Crippen LogP contribution >= 0.6 is 0 Å². The summed E-state index contributed by atoms with van der Waals surface area (Å²) in [6.07, 6.45) is 3.66. The van der Waals surface area contributed by atoms with Crippen molar-refractivity contribution in [2.75, 3.05) is 10.2 Å². The fraction of sp³-hybridized carbons (Fsp3) is 0.346. The Labute approximate surface area is 205 Å². The molecular weight excluding hydrogens is 446 g/mol. The van der Waals surface area contributed by atoms with Gasteiger partial charge in [-0.2, -0.15) is 0 Å². The SMILES string of the molecule is Cc1ccc(NC(=O)OC(C)(C)C)cc1N(C(=O)OC(C)(C)C)c1nccc(-c2cccnc2)n1. The Hall–Kier alpha value is -4.01. The van der Waals surface area contributed by atoms with Crippen LogP contribution in [-0.2, 0) is 9.47 Å². The maximum atomic E-state index is 13.4. The number of aromatic nitrogens is 3. The lowest BCUT2D eigenvalue weighted by Crippen LogP contribution is -2.35. The van der Waals surface area contributed by atoms with Gasteiger partial charge in [0.15, 0.2) is 0 Å². The Kier molecular flexibility index (Phi) is 7.38. The van der Waals surface area contributed by atoms with Crippen LogP contribution in [0.3, 0.4) is 0 Å². The maximum Gasteiger partial charge on any atom is 0.421 e. The summed E-state index contributed by atoms with van der Waals surface area (Å²) in [7, 11) is 0. The molecule has 9 nitrogen and oxygen atoms in total. The van der Waals surface area contributed by atoms with Gasteiger partial charge >= 0.3 is 12.2 Å². The van der Waals surface area contributed by atoms with Gasteiger partial charge in [0.05, 0.1) is 11.4 Å². The number of rotatable bonds is 4. The van der Waals surface area contributed by atoms with E-state index in [0.717, 1.165) is 11.1 Å². The summed E-state index contributed by atoms with van der Waals surface area (Å²) in [6.45, 7) is 12.5. The van der Waals surface area contributed by atoms with E-state index in [-0.39, 0.29) is 5.95 Å². The van der Waals surface area contributed by atoms with E-state index in [1.54, 1.807) is 90.5 Å². The smallest absolute Gasteiger partial charge is 0.421 e. The number of aryl methyl sites for hydroxylation is 1. The minimum absolute atomic E-state index is 0.123. The van der Waals surface area contributed by atoms with Gasteiger partial charge in [0.25, 0.3) is 0 Å². The molecule has 0 saturated carbocycles. The van der Waals surface area contributed by atoms with Gasteiger partial charge in [0.2, 0.25) is 5.95 Å². The molecule has 1 N–H and O–H groups in total. The fourth-order valence-electron chi connectivity index (χ4n) is 3.08. The van der Waals surface area contributed by atoms with Crippen molar-refractivity contribution in [1.82, 2.24) is 15.0 Å². The zero-order valence-electron chi connectivity index (χ0n) is 21.1. The molecule has 0 fully saturated rings. The predicted octanol–water partition coefficient (Wildman–Crippen LogP) is 6.27. The van der Waals surface area contributed by atoms with Gasteiger partial charge in [-0.05, 0) is 84.4 Å². The predicted molar refractivity (Wildman–Crippen MR) is 135 cm³/mol. The van der Waals surface area contributed by atoms with Crippen molar-refractivity contribution >= 4 is 29.5 Å². The Balaban J connectivity index is 2.06. The molecule has 2 amide bonds. The molecule has 35 heavy (non-hydrogen) atoms. The van der Waals surface area contributed by atoms with E-state index in [9.17, 15) is 9.59 Å². The summed E-state index contributed by atoms with van der Waals surface area (Å²) in [4.78, 5) is 40.1. The molecule has 1 aromatic carbocycles. The van der Waals surface area contributed by atoms with E-state index < -0.39 is 23.4 Å². The average Bonchev–Trinajstić information content (AvgIpc) is 2.74. The molecule has 0 atom stereocenters. The highest BCUT2D eigenvalue weighted by atomic mass is 16.6. The third-order valence-corrected chi connectivity index (χ3v) is 4.47. The Morgan fingerprint density at radius 3 is 2.29 bits per heavy atom. The molecular formula is C26H31N5O4. The maximum absolute atomic E-state index is 13.4. The summed E-state index contributed by atoms with van der Waals surface area (Å²) in [5, 5.41) is 2.71. The van der Waals surface area contributed by atoms with Crippen LogP contribution in [0.5, 0.6) is 0 Å². The van der Waals surface area contributed by atoms with E-state index in [2.05, 4.69) is 20.3 Å². The van der Waals surface area contributed by atoms with E-state index >= 15 is 0 Å². The first-order valence-electron chi connectivity index (χ1n) is 11.2. The quantitative estimate of drug-likeness (QED) is 0.472. The second-order valence-corrected chi connectivity index (χ2v) is 9.93. The lowest BCUT2D eigenvalue weighted by molar-refractivity contribution is 0.0594. The minimum atomic E-state index is -0.753. The molecule has 3 rings (SSSR count). The van der Waals surface area contributed by atoms with Gasteiger partial charge in [0.1, 0.15) is 11.2 Å². The molecule has 2 aromatic heterocycles. The molecule has 0 unspecified atom stereocenters. The van der Waals surface area contributed by atoms with Crippen molar-refractivity contribution in [1.29, 1.82) is 0 Å². The zero-order chi connectivity index (χ0) is 25.8. The van der Waals surface area contributed by atoms with Crippen LogP contribution in [0.25, 0.3) is 11.3 Å². The number of amides is 2. The molecule has 184 valence electrons. The third-order valence-electron chi connectivity index (χ3n) is 4.47. The van der Waals surface area contributed by atoms with Crippen LogP contribution in [0.4, 0.5) is 26.9 Å². The van der Waals surface area contributed by atoms with Crippen molar-refractivity contribution in [3.63, 3.8) is 0 Å². The van der Waals surface area contributed by atoms with Crippen molar-refractivity contribution in [3.05, 3.63) is 60.6 Å². The summed E-state index contributed by atoms with van der Waals surface area (Å²) < 4.78 is 11.0. The molecule has 0 aliphatic carbocycles. The number of anilines is 3. The third kappa shape index (κ3) is 7.23. The van der Waals surface area contributed by atoms with E-state index in [1.807, 2.05) is 13.0 Å². The molecule has 0 aliphatic heterocycles. The highest BCUT2D eigenvalue weighted by Crippen LogP contribution is 2.32. The van der Waals surface area contributed by atoms with Crippen molar-refractivity contribution in [2.24, 2.45) is 0 Å². The van der Waals surface area contributed by atoms with Gasteiger partial charge in [-0.15, -0.1) is 0 Å². The van der Waals surface area contributed by atoms with Crippen molar-refractivity contribution in [2.45, 2.75) is 59.7 Å². The van der Waals surface area contributed by atoms with Crippen LogP contribution in [0, 0.1) is 6.92 Å². The first-order chi connectivity index (χ1) is 16.3. The largest absolute Gasteiger partial charge is 0.444 e. The molecule has 0 bridgehead atoms. The number of ether oxygens (including phenoxy) is 2. The molecule has 0 saturated heterocycles. The normalized spacial score (nSPS) is 11.5. The highest BCUT2D eigenvalue weighted by Gasteiger charge is 2.29. The second-order valence-electron chi connectivity index (χ2n) is 9.93. The van der Waals surface area contributed by atoms with Gasteiger partial charge in [0, 0.05) is 29.8 Å². The molecule has 3 aromatic rings. The van der Waals surface area contributed by atoms with E-state index in [1.165, 1.54) is 4.90 Å².